The van der Waals surface area contributed by atoms with Gasteiger partial charge in [0.25, 0.3) is 0 Å². The fourth-order valence-corrected chi connectivity index (χ4v) is 4.50. The largest absolute Gasteiger partial charge is 0.369 e. The standard InChI is InChI=1S/C19H30N4O3S/c1-21(16-5-3-2-4-6-16)19(24)15-22-11-13-23(14-12-22)17-7-9-18(10-8-17)27(20,25)26/h7-10,16H,2-6,11-15H2,1H3,(H2,20,25,26). The minimum absolute atomic E-state index is 0.126. The molecule has 0 bridgehead atoms. The lowest BCUT2D eigenvalue weighted by atomic mass is 9.94. The van der Waals surface area contributed by atoms with E-state index in [1.165, 1.54) is 19.3 Å². The van der Waals surface area contributed by atoms with E-state index in [0.717, 1.165) is 44.7 Å². The molecule has 0 unspecified atom stereocenters. The molecule has 1 aliphatic carbocycles. The Balaban J connectivity index is 1.49. The quantitative estimate of drug-likeness (QED) is 0.812. The van der Waals surface area contributed by atoms with Crippen LogP contribution in [0.4, 0.5) is 5.69 Å². The number of likely N-dealkylation sites (N-methyl/N-ethyl adjacent to an activating group) is 1. The highest BCUT2D eigenvalue weighted by molar-refractivity contribution is 7.89. The van der Waals surface area contributed by atoms with Gasteiger partial charge in [0, 0.05) is 45.0 Å². The molecule has 1 heterocycles. The van der Waals surface area contributed by atoms with Crippen LogP contribution >= 0.6 is 0 Å². The van der Waals surface area contributed by atoms with Gasteiger partial charge in [0.05, 0.1) is 11.4 Å². The highest BCUT2D eigenvalue weighted by atomic mass is 32.2. The van der Waals surface area contributed by atoms with Crippen LogP contribution in [0.3, 0.4) is 0 Å². The lowest BCUT2D eigenvalue weighted by molar-refractivity contribution is -0.133. The molecule has 1 saturated carbocycles. The third kappa shape index (κ3) is 5.21. The van der Waals surface area contributed by atoms with Crippen molar-refractivity contribution in [3.05, 3.63) is 24.3 Å². The van der Waals surface area contributed by atoms with Gasteiger partial charge in [0.15, 0.2) is 0 Å². The molecular formula is C19H30N4O3S. The molecule has 27 heavy (non-hydrogen) atoms. The van der Waals surface area contributed by atoms with Crippen LogP contribution in [0, 0.1) is 0 Å². The molecule has 2 fully saturated rings. The van der Waals surface area contributed by atoms with Crippen LogP contribution in [0.5, 0.6) is 0 Å². The Morgan fingerprint density at radius 2 is 1.67 bits per heavy atom. The molecule has 3 rings (SSSR count). The second kappa shape index (κ2) is 8.58. The molecule has 1 saturated heterocycles. The van der Waals surface area contributed by atoms with Gasteiger partial charge in [-0.25, -0.2) is 13.6 Å². The van der Waals surface area contributed by atoms with Gasteiger partial charge in [0.2, 0.25) is 15.9 Å². The summed E-state index contributed by atoms with van der Waals surface area (Å²) >= 11 is 0. The molecular weight excluding hydrogens is 364 g/mol. The van der Waals surface area contributed by atoms with Gasteiger partial charge < -0.3 is 9.80 Å². The average Bonchev–Trinajstić information content (AvgIpc) is 2.68. The molecule has 0 spiro atoms. The van der Waals surface area contributed by atoms with E-state index in [1.807, 2.05) is 11.9 Å². The van der Waals surface area contributed by atoms with Crippen LogP contribution < -0.4 is 10.0 Å². The molecule has 0 atom stereocenters. The first-order valence-electron chi connectivity index (χ1n) is 9.70. The maximum absolute atomic E-state index is 12.6. The van der Waals surface area contributed by atoms with Crippen molar-refractivity contribution in [2.75, 3.05) is 44.7 Å². The lowest BCUT2D eigenvalue weighted by Crippen LogP contribution is -2.51. The van der Waals surface area contributed by atoms with E-state index in [4.69, 9.17) is 5.14 Å². The predicted molar refractivity (Wildman–Crippen MR) is 106 cm³/mol. The highest BCUT2D eigenvalue weighted by Crippen LogP contribution is 2.22. The van der Waals surface area contributed by atoms with Crippen molar-refractivity contribution in [3.8, 4) is 0 Å². The summed E-state index contributed by atoms with van der Waals surface area (Å²) in [4.78, 5) is 19.1. The maximum atomic E-state index is 12.6. The van der Waals surface area contributed by atoms with E-state index in [-0.39, 0.29) is 10.8 Å². The monoisotopic (exact) mass is 394 g/mol. The second-order valence-corrected chi connectivity index (χ2v) is 9.16. The Kier molecular flexibility index (Phi) is 6.39. The molecule has 150 valence electrons. The van der Waals surface area contributed by atoms with E-state index in [2.05, 4.69) is 9.80 Å². The summed E-state index contributed by atoms with van der Waals surface area (Å²) in [5.41, 5.74) is 0.979. The van der Waals surface area contributed by atoms with Crippen molar-refractivity contribution < 1.29 is 13.2 Å². The average molecular weight is 395 g/mol. The molecule has 1 aromatic rings. The minimum Gasteiger partial charge on any atom is -0.369 e. The van der Waals surface area contributed by atoms with Crippen molar-refractivity contribution >= 4 is 21.6 Å². The minimum atomic E-state index is -3.66. The number of nitrogens with two attached hydrogens (primary N) is 1. The van der Waals surface area contributed by atoms with Crippen molar-refractivity contribution in [1.29, 1.82) is 0 Å². The molecule has 2 N–H and O–H groups in total. The number of carbonyl (C=O) groups is 1. The van der Waals surface area contributed by atoms with E-state index in [9.17, 15) is 13.2 Å². The van der Waals surface area contributed by atoms with Crippen molar-refractivity contribution in [3.63, 3.8) is 0 Å². The summed E-state index contributed by atoms with van der Waals surface area (Å²) in [5, 5.41) is 5.14. The Bertz CT molecular complexity index is 737. The van der Waals surface area contributed by atoms with Crippen molar-refractivity contribution in [2.45, 2.75) is 43.0 Å². The number of benzene rings is 1. The summed E-state index contributed by atoms with van der Waals surface area (Å²) in [6, 6.07) is 7.07. The van der Waals surface area contributed by atoms with Crippen molar-refractivity contribution in [1.82, 2.24) is 9.80 Å². The summed E-state index contributed by atoms with van der Waals surface area (Å²) in [6.07, 6.45) is 6.00. The molecule has 2 aliphatic rings. The predicted octanol–water partition coefficient (Wildman–Crippen LogP) is 1.25. The maximum Gasteiger partial charge on any atom is 0.238 e. The van der Waals surface area contributed by atoms with Gasteiger partial charge in [-0.15, -0.1) is 0 Å². The van der Waals surface area contributed by atoms with E-state index < -0.39 is 10.0 Å². The topological polar surface area (TPSA) is 86.9 Å². The molecule has 8 heteroatoms. The van der Waals surface area contributed by atoms with Crippen LogP contribution in [0.2, 0.25) is 0 Å². The Morgan fingerprint density at radius 1 is 1.07 bits per heavy atom. The number of piperazine rings is 1. The van der Waals surface area contributed by atoms with Crippen LogP contribution in [0.15, 0.2) is 29.2 Å². The highest BCUT2D eigenvalue weighted by Gasteiger charge is 2.25. The van der Waals surface area contributed by atoms with Gasteiger partial charge >= 0.3 is 0 Å². The molecule has 1 aromatic carbocycles. The van der Waals surface area contributed by atoms with Gasteiger partial charge in [-0.3, -0.25) is 9.69 Å². The van der Waals surface area contributed by atoms with Gasteiger partial charge in [-0.05, 0) is 37.1 Å². The van der Waals surface area contributed by atoms with Crippen LogP contribution in [-0.4, -0.2) is 69.9 Å². The summed E-state index contributed by atoms with van der Waals surface area (Å²) < 4.78 is 22.7. The third-order valence-corrected chi connectivity index (χ3v) is 6.71. The van der Waals surface area contributed by atoms with Gasteiger partial charge in [-0.2, -0.15) is 0 Å². The number of carbonyl (C=O) groups excluding carboxylic acids is 1. The first kappa shape index (κ1) is 20.1. The number of nitrogens with zero attached hydrogens (tertiary/aromatic N) is 3. The van der Waals surface area contributed by atoms with Gasteiger partial charge in [0.1, 0.15) is 0 Å². The van der Waals surface area contributed by atoms with Crippen LogP contribution in [0.1, 0.15) is 32.1 Å². The number of primary sulfonamides is 1. The van der Waals surface area contributed by atoms with Gasteiger partial charge in [-0.1, -0.05) is 19.3 Å². The number of rotatable bonds is 5. The summed E-state index contributed by atoms with van der Waals surface area (Å²) in [7, 11) is -1.71. The number of sulfonamides is 1. The fraction of sp³-hybridized carbons (Fsp3) is 0.632. The van der Waals surface area contributed by atoms with Crippen LogP contribution in [-0.2, 0) is 14.8 Å². The second-order valence-electron chi connectivity index (χ2n) is 7.60. The number of hydrogen-bond donors (Lipinski definition) is 1. The molecule has 1 aliphatic heterocycles. The SMILES string of the molecule is CN(C(=O)CN1CCN(c2ccc(S(N)(=O)=O)cc2)CC1)C1CCCCC1. The lowest BCUT2D eigenvalue weighted by Gasteiger charge is -2.37. The number of amides is 1. The Hall–Kier alpha value is -1.64. The summed E-state index contributed by atoms with van der Waals surface area (Å²) in [5.74, 6) is 0.216. The molecule has 0 aromatic heterocycles. The molecule has 7 nitrogen and oxygen atoms in total. The zero-order valence-electron chi connectivity index (χ0n) is 16.0. The Morgan fingerprint density at radius 3 is 2.22 bits per heavy atom. The number of anilines is 1. The smallest absolute Gasteiger partial charge is 0.238 e. The first-order chi connectivity index (χ1) is 12.8. The third-order valence-electron chi connectivity index (χ3n) is 5.78. The van der Waals surface area contributed by atoms with E-state index >= 15 is 0 Å². The molecule has 0 radical (unpaired) electrons. The van der Waals surface area contributed by atoms with E-state index in [0.29, 0.717) is 12.6 Å². The first-order valence-corrected chi connectivity index (χ1v) is 11.2. The zero-order chi connectivity index (χ0) is 19.4. The normalized spacial score (nSPS) is 19.9. The van der Waals surface area contributed by atoms with E-state index in [1.54, 1.807) is 24.3 Å². The zero-order valence-corrected chi connectivity index (χ0v) is 16.8. The van der Waals surface area contributed by atoms with Crippen molar-refractivity contribution in [2.24, 2.45) is 5.14 Å². The number of hydrogen-bond acceptors (Lipinski definition) is 5. The summed E-state index contributed by atoms with van der Waals surface area (Å²) in [6.45, 7) is 3.75. The Labute approximate surface area is 162 Å². The molecule has 1 amide bonds. The fourth-order valence-electron chi connectivity index (χ4n) is 3.99. The van der Waals surface area contributed by atoms with Crippen LogP contribution in [0.25, 0.3) is 0 Å².